The minimum atomic E-state index is -0.201. The fraction of sp³-hybridized carbons (Fsp3) is 0.529. The topological polar surface area (TPSA) is 41.5 Å². The van der Waals surface area contributed by atoms with E-state index < -0.39 is 0 Å². The van der Waals surface area contributed by atoms with Crippen LogP contribution in [0.3, 0.4) is 0 Å². The molecule has 0 amide bonds. The number of aromatic nitrogens is 2. The van der Waals surface area contributed by atoms with Crippen molar-refractivity contribution in [1.29, 1.82) is 0 Å². The van der Waals surface area contributed by atoms with Gasteiger partial charge in [0.05, 0.1) is 24.4 Å². The number of ether oxygens (including phenoxy) is 1. The Morgan fingerprint density at radius 3 is 2.48 bits per heavy atom. The van der Waals surface area contributed by atoms with Crippen molar-refractivity contribution in [2.24, 2.45) is 0 Å². The van der Waals surface area contributed by atoms with Crippen LogP contribution in [0.1, 0.15) is 19.3 Å². The zero-order chi connectivity index (χ0) is 15.6. The van der Waals surface area contributed by atoms with Gasteiger partial charge in [0, 0.05) is 31.6 Å². The Balaban J connectivity index is 1.74. The van der Waals surface area contributed by atoms with Crippen molar-refractivity contribution >= 4 is 22.4 Å². The number of hydrogen-bond donors (Lipinski definition) is 0. The Morgan fingerprint density at radius 2 is 1.70 bits per heavy atom. The fourth-order valence-electron chi connectivity index (χ4n) is 3.46. The average molecular weight is 316 g/mol. The number of benzene rings is 1. The van der Waals surface area contributed by atoms with Crippen LogP contribution >= 0.6 is 0 Å². The molecule has 0 unspecified atom stereocenters. The summed E-state index contributed by atoms with van der Waals surface area (Å²) in [7, 11) is 0. The zero-order valence-corrected chi connectivity index (χ0v) is 13.2. The number of nitrogens with zero attached hydrogens (tertiary/aromatic N) is 4. The molecular weight excluding hydrogens is 295 g/mol. The average Bonchev–Trinajstić information content (AvgIpc) is 2.62. The molecule has 23 heavy (non-hydrogen) atoms. The second-order valence-corrected chi connectivity index (χ2v) is 6.17. The highest BCUT2D eigenvalue weighted by Crippen LogP contribution is 2.31. The van der Waals surface area contributed by atoms with Crippen molar-refractivity contribution in [3.05, 3.63) is 24.3 Å². The lowest BCUT2D eigenvalue weighted by atomic mass is 10.1. The molecule has 0 atom stereocenters. The third kappa shape index (κ3) is 2.83. The molecule has 1 aromatic carbocycles. The van der Waals surface area contributed by atoms with Crippen LogP contribution in [0.5, 0.6) is 0 Å². The smallest absolute Gasteiger partial charge is 0.147 e. The number of morpholine rings is 1. The number of rotatable bonds is 2. The molecule has 2 aliphatic heterocycles. The Morgan fingerprint density at radius 1 is 0.913 bits per heavy atom. The lowest BCUT2D eigenvalue weighted by Gasteiger charge is -2.30. The molecular formula is C17H21FN4O. The fourth-order valence-corrected chi connectivity index (χ4v) is 3.46. The van der Waals surface area contributed by atoms with Crippen LogP contribution < -0.4 is 9.80 Å². The van der Waals surface area contributed by atoms with Gasteiger partial charge in [-0.3, -0.25) is 0 Å². The SMILES string of the molecule is Fc1cc2c(N3CCCCC3)ncnc2cc1N1CCOCC1. The van der Waals surface area contributed by atoms with Crippen LogP contribution in [-0.2, 0) is 4.74 Å². The van der Waals surface area contributed by atoms with Gasteiger partial charge in [-0.2, -0.15) is 0 Å². The Hall–Kier alpha value is -1.95. The Labute approximate surface area is 135 Å². The van der Waals surface area contributed by atoms with Gasteiger partial charge >= 0.3 is 0 Å². The first kappa shape index (κ1) is 14.6. The summed E-state index contributed by atoms with van der Waals surface area (Å²) >= 11 is 0. The number of halogens is 1. The minimum Gasteiger partial charge on any atom is -0.378 e. The van der Waals surface area contributed by atoms with Gasteiger partial charge in [0.1, 0.15) is 18.0 Å². The second-order valence-electron chi connectivity index (χ2n) is 6.17. The molecule has 2 fully saturated rings. The predicted octanol–water partition coefficient (Wildman–Crippen LogP) is 2.60. The van der Waals surface area contributed by atoms with Gasteiger partial charge in [0.15, 0.2) is 0 Å². The molecule has 0 N–H and O–H groups in total. The van der Waals surface area contributed by atoms with Crippen molar-refractivity contribution < 1.29 is 9.13 Å². The van der Waals surface area contributed by atoms with Crippen molar-refractivity contribution in [3.8, 4) is 0 Å². The summed E-state index contributed by atoms with van der Waals surface area (Å²) in [6, 6.07) is 3.45. The monoisotopic (exact) mass is 316 g/mol. The van der Waals surface area contributed by atoms with Crippen LogP contribution in [0.4, 0.5) is 15.9 Å². The van der Waals surface area contributed by atoms with Crippen molar-refractivity contribution in [1.82, 2.24) is 9.97 Å². The molecule has 2 aliphatic rings. The van der Waals surface area contributed by atoms with Gasteiger partial charge < -0.3 is 14.5 Å². The summed E-state index contributed by atoms with van der Waals surface area (Å²) in [5, 5.41) is 0.809. The third-order valence-electron chi connectivity index (χ3n) is 4.69. The van der Waals surface area contributed by atoms with E-state index >= 15 is 0 Å². The van der Waals surface area contributed by atoms with E-state index in [2.05, 4.69) is 14.9 Å². The van der Waals surface area contributed by atoms with E-state index in [0.717, 1.165) is 29.8 Å². The van der Waals surface area contributed by atoms with E-state index in [9.17, 15) is 4.39 Å². The molecule has 0 aliphatic carbocycles. The number of hydrogen-bond acceptors (Lipinski definition) is 5. The van der Waals surface area contributed by atoms with E-state index in [-0.39, 0.29) is 5.82 Å². The summed E-state index contributed by atoms with van der Waals surface area (Å²) in [6.45, 7) is 4.68. The predicted molar refractivity (Wildman–Crippen MR) is 88.6 cm³/mol. The highest BCUT2D eigenvalue weighted by molar-refractivity contribution is 5.91. The van der Waals surface area contributed by atoms with Crippen LogP contribution in [0.2, 0.25) is 0 Å². The van der Waals surface area contributed by atoms with Gasteiger partial charge in [-0.15, -0.1) is 0 Å². The quantitative estimate of drug-likeness (QED) is 0.852. The van der Waals surface area contributed by atoms with Crippen molar-refractivity contribution in [2.45, 2.75) is 19.3 Å². The summed E-state index contributed by atoms with van der Waals surface area (Å²) < 4.78 is 20.0. The Bertz CT molecular complexity index is 696. The van der Waals surface area contributed by atoms with E-state index in [4.69, 9.17) is 4.74 Å². The van der Waals surface area contributed by atoms with Gasteiger partial charge in [0.2, 0.25) is 0 Å². The highest BCUT2D eigenvalue weighted by atomic mass is 19.1. The standard InChI is InChI=1S/C17H21FN4O/c18-14-10-13-15(11-16(14)21-6-8-23-9-7-21)19-12-20-17(13)22-4-2-1-3-5-22/h10-12H,1-9H2. The molecule has 6 heteroatoms. The maximum Gasteiger partial charge on any atom is 0.147 e. The van der Waals surface area contributed by atoms with E-state index in [1.807, 2.05) is 11.0 Å². The van der Waals surface area contributed by atoms with E-state index in [1.54, 1.807) is 12.4 Å². The van der Waals surface area contributed by atoms with Gasteiger partial charge in [-0.1, -0.05) is 0 Å². The van der Waals surface area contributed by atoms with E-state index in [1.165, 1.54) is 19.3 Å². The van der Waals surface area contributed by atoms with Crippen LogP contribution in [-0.4, -0.2) is 49.4 Å². The molecule has 0 saturated carbocycles. The molecule has 0 bridgehead atoms. The first-order chi connectivity index (χ1) is 11.3. The maximum atomic E-state index is 14.7. The summed E-state index contributed by atoms with van der Waals surface area (Å²) in [5.41, 5.74) is 1.42. The molecule has 2 aromatic rings. The number of fused-ring (bicyclic) bond motifs is 1. The summed E-state index contributed by atoms with van der Waals surface area (Å²) in [6.07, 6.45) is 5.18. The number of anilines is 2. The lowest BCUT2D eigenvalue weighted by Crippen LogP contribution is -2.36. The normalized spacial score (nSPS) is 19.3. The Kier molecular flexibility index (Phi) is 3.99. The number of piperidine rings is 1. The van der Waals surface area contributed by atoms with Crippen molar-refractivity contribution in [2.75, 3.05) is 49.2 Å². The van der Waals surface area contributed by atoms with Gasteiger partial charge in [0.25, 0.3) is 0 Å². The third-order valence-corrected chi connectivity index (χ3v) is 4.69. The van der Waals surface area contributed by atoms with Crippen LogP contribution in [0, 0.1) is 5.82 Å². The first-order valence-corrected chi connectivity index (χ1v) is 8.35. The minimum absolute atomic E-state index is 0.201. The lowest BCUT2D eigenvalue weighted by molar-refractivity contribution is 0.122. The van der Waals surface area contributed by atoms with Gasteiger partial charge in [-0.25, -0.2) is 14.4 Å². The first-order valence-electron chi connectivity index (χ1n) is 8.35. The zero-order valence-electron chi connectivity index (χ0n) is 13.2. The molecule has 1 aromatic heterocycles. The van der Waals surface area contributed by atoms with E-state index in [0.29, 0.717) is 32.0 Å². The summed E-state index contributed by atoms with van der Waals surface area (Å²) in [5.74, 6) is 0.662. The molecule has 122 valence electrons. The van der Waals surface area contributed by atoms with Crippen molar-refractivity contribution in [3.63, 3.8) is 0 Å². The molecule has 5 nitrogen and oxygen atoms in total. The second kappa shape index (κ2) is 6.28. The molecule has 4 rings (SSSR count). The maximum absolute atomic E-state index is 14.7. The largest absolute Gasteiger partial charge is 0.378 e. The molecule has 2 saturated heterocycles. The van der Waals surface area contributed by atoms with Crippen LogP contribution in [0.25, 0.3) is 10.9 Å². The molecule has 0 radical (unpaired) electrons. The molecule has 0 spiro atoms. The molecule has 3 heterocycles. The summed E-state index contributed by atoms with van der Waals surface area (Å²) in [4.78, 5) is 13.1. The van der Waals surface area contributed by atoms with Crippen LogP contribution in [0.15, 0.2) is 18.5 Å². The highest BCUT2D eigenvalue weighted by Gasteiger charge is 2.20. The van der Waals surface area contributed by atoms with Gasteiger partial charge in [-0.05, 0) is 31.4 Å².